The van der Waals surface area contributed by atoms with E-state index in [0.717, 1.165) is 22.4 Å². The van der Waals surface area contributed by atoms with Gasteiger partial charge in [0.05, 0.1) is 0 Å². The van der Waals surface area contributed by atoms with Crippen molar-refractivity contribution in [3.63, 3.8) is 0 Å². The second-order valence-electron chi connectivity index (χ2n) is 7.67. The van der Waals surface area contributed by atoms with Gasteiger partial charge in [0.15, 0.2) is 12.4 Å². The summed E-state index contributed by atoms with van der Waals surface area (Å²) < 4.78 is 5.78. The lowest BCUT2D eigenvalue weighted by Gasteiger charge is -2.16. The Bertz CT molecular complexity index is 1080. The lowest BCUT2D eigenvalue weighted by atomic mass is 9.98. The van der Waals surface area contributed by atoms with Gasteiger partial charge in [-0.15, -0.1) is 0 Å². The van der Waals surface area contributed by atoms with Crippen LogP contribution >= 0.6 is 0 Å². The van der Waals surface area contributed by atoms with Crippen LogP contribution < -0.4 is 15.8 Å². The van der Waals surface area contributed by atoms with Gasteiger partial charge in [0, 0.05) is 29.2 Å². The van der Waals surface area contributed by atoms with Crippen molar-refractivity contribution >= 4 is 17.4 Å². The topological polar surface area (TPSA) is 98.8 Å². The van der Waals surface area contributed by atoms with E-state index in [2.05, 4.69) is 29.3 Å². The molecule has 3 aromatic rings. The highest BCUT2D eigenvalue weighted by atomic mass is 16.6. The van der Waals surface area contributed by atoms with Gasteiger partial charge in [-0.3, -0.25) is 9.78 Å². The molecule has 0 unspecified atom stereocenters. The summed E-state index contributed by atoms with van der Waals surface area (Å²) in [5.41, 5.74) is 10.5. The molecule has 166 valence electrons. The van der Waals surface area contributed by atoms with E-state index in [9.17, 15) is 4.79 Å². The molecule has 3 N–H and O–H groups in total. The summed E-state index contributed by atoms with van der Waals surface area (Å²) in [6.45, 7) is 6.27. The number of pyridine rings is 1. The number of nitrogens with zero attached hydrogens (tertiary/aromatic N) is 2. The van der Waals surface area contributed by atoms with E-state index < -0.39 is 0 Å². The Morgan fingerprint density at radius 3 is 2.72 bits per heavy atom. The molecule has 32 heavy (non-hydrogen) atoms. The summed E-state index contributed by atoms with van der Waals surface area (Å²) in [7, 11) is 0. The zero-order valence-corrected chi connectivity index (χ0v) is 18.5. The Balaban J connectivity index is 1.56. The minimum absolute atomic E-state index is 0.156. The number of oxime groups is 1. The number of hydrogen-bond acceptors (Lipinski definition) is 5. The lowest BCUT2D eigenvalue weighted by molar-refractivity contribution is -0.120. The molecule has 2 aromatic carbocycles. The number of para-hydroxylation sites is 1. The molecule has 1 amide bonds. The normalized spacial score (nSPS) is 11.3. The van der Waals surface area contributed by atoms with E-state index in [1.807, 2.05) is 49.4 Å². The summed E-state index contributed by atoms with van der Waals surface area (Å²) in [4.78, 5) is 21.6. The fourth-order valence-corrected chi connectivity index (χ4v) is 3.13. The second kappa shape index (κ2) is 10.9. The van der Waals surface area contributed by atoms with Crippen LogP contribution in [-0.2, 0) is 16.2 Å². The smallest absolute Gasteiger partial charge is 0.265 e. The summed E-state index contributed by atoms with van der Waals surface area (Å²) >= 11 is 0. The number of carbonyl (C=O) groups excluding carboxylic acids is 1. The number of benzene rings is 2. The highest BCUT2D eigenvalue weighted by molar-refractivity contribution is 5.97. The minimum atomic E-state index is -0.300. The number of hydrogen-bond donors (Lipinski definition) is 2. The molecule has 0 bridgehead atoms. The van der Waals surface area contributed by atoms with Crippen LogP contribution in [-0.4, -0.2) is 23.3 Å². The number of aryl methyl sites for hydroxylation is 1. The van der Waals surface area contributed by atoms with E-state index in [-0.39, 0.29) is 24.3 Å². The molecule has 0 spiro atoms. The average Bonchev–Trinajstić information content (AvgIpc) is 2.79. The number of amidine groups is 1. The van der Waals surface area contributed by atoms with E-state index in [1.54, 1.807) is 24.5 Å². The van der Waals surface area contributed by atoms with Gasteiger partial charge in [-0.1, -0.05) is 55.4 Å². The van der Waals surface area contributed by atoms with Crippen molar-refractivity contribution in [3.8, 4) is 5.75 Å². The first-order valence-electron chi connectivity index (χ1n) is 10.4. The molecule has 0 saturated heterocycles. The third kappa shape index (κ3) is 6.31. The van der Waals surface area contributed by atoms with Gasteiger partial charge in [0.1, 0.15) is 12.4 Å². The Labute approximate surface area is 188 Å². The Morgan fingerprint density at radius 2 is 1.97 bits per heavy atom. The van der Waals surface area contributed by atoms with Crippen LogP contribution in [0, 0.1) is 6.92 Å². The predicted octanol–water partition coefficient (Wildman–Crippen LogP) is 4.37. The average molecular weight is 433 g/mol. The summed E-state index contributed by atoms with van der Waals surface area (Å²) in [5, 5.41) is 6.80. The second-order valence-corrected chi connectivity index (χ2v) is 7.67. The SMILES string of the molecule is Cc1cccc(C(C)C)c1NC(=O)CO/N=C(\N)c1cccc(OCc2cccnc2)c1. The van der Waals surface area contributed by atoms with Gasteiger partial charge < -0.3 is 20.6 Å². The number of aromatic nitrogens is 1. The van der Waals surface area contributed by atoms with Gasteiger partial charge in [0.25, 0.3) is 5.91 Å². The number of carbonyl (C=O) groups is 1. The van der Waals surface area contributed by atoms with Gasteiger partial charge in [-0.05, 0) is 42.2 Å². The van der Waals surface area contributed by atoms with E-state index in [0.29, 0.717) is 17.9 Å². The number of amides is 1. The van der Waals surface area contributed by atoms with Crippen molar-refractivity contribution in [2.24, 2.45) is 10.9 Å². The molecular formula is C25H28N4O3. The highest BCUT2D eigenvalue weighted by Crippen LogP contribution is 2.27. The third-order valence-electron chi connectivity index (χ3n) is 4.81. The van der Waals surface area contributed by atoms with Crippen LogP contribution in [0.15, 0.2) is 72.1 Å². The minimum Gasteiger partial charge on any atom is -0.489 e. The Morgan fingerprint density at radius 1 is 1.16 bits per heavy atom. The number of nitrogens with two attached hydrogens (primary N) is 1. The van der Waals surface area contributed by atoms with Crippen LogP contribution in [0.4, 0.5) is 5.69 Å². The van der Waals surface area contributed by atoms with Crippen molar-refractivity contribution in [3.05, 3.63) is 89.2 Å². The van der Waals surface area contributed by atoms with Crippen molar-refractivity contribution in [1.82, 2.24) is 4.98 Å². The van der Waals surface area contributed by atoms with E-state index in [1.165, 1.54) is 0 Å². The first kappa shape index (κ1) is 22.8. The van der Waals surface area contributed by atoms with Crippen LogP contribution in [0.2, 0.25) is 0 Å². The molecule has 0 saturated carbocycles. The van der Waals surface area contributed by atoms with Gasteiger partial charge in [0.2, 0.25) is 0 Å². The molecular weight excluding hydrogens is 404 g/mol. The molecule has 0 fully saturated rings. The van der Waals surface area contributed by atoms with Crippen molar-refractivity contribution in [2.45, 2.75) is 33.3 Å². The van der Waals surface area contributed by atoms with E-state index >= 15 is 0 Å². The summed E-state index contributed by atoms with van der Waals surface area (Å²) in [5.74, 6) is 0.783. The Hall–Kier alpha value is -3.87. The quantitative estimate of drug-likeness (QED) is 0.297. The molecule has 0 aliphatic carbocycles. The first-order valence-corrected chi connectivity index (χ1v) is 10.4. The largest absolute Gasteiger partial charge is 0.489 e. The standard InChI is InChI=1S/C25H28N4O3/c1-17(2)22-11-4-7-18(3)24(22)28-23(30)16-32-29-25(26)20-9-5-10-21(13-20)31-15-19-8-6-12-27-14-19/h4-14,17H,15-16H2,1-3H3,(H2,26,29)(H,28,30). The van der Waals surface area contributed by atoms with Crippen molar-refractivity contribution < 1.29 is 14.4 Å². The molecule has 7 heteroatoms. The van der Waals surface area contributed by atoms with Crippen molar-refractivity contribution in [2.75, 3.05) is 11.9 Å². The third-order valence-corrected chi connectivity index (χ3v) is 4.81. The predicted molar refractivity (Wildman–Crippen MR) is 126 cm³/mol. The molecule has 0 radical (unpaired) electrons. The molecule has 1 aromatic heterocycles. The molecule has 3 rings (SSSR count). The maximum Gasteiger partial charge on any atom is 0.265 e. The van der Waals surface area contributed by atoms with Crippen LogP contribution in [0.25, 0.3) is 0 Å². The first-order chi connectivity index (χ1) is 15.4. The summed E-state index contributed by atoms with van der Waals surface area (Å²) in [6.07, 6.45) is 3.46. The summed E-state index contributed by atoms with van der Waals surface area (Å²) in [6, 6.07) is 16.9. The maximum absolute atomic E-state index is 12.4. The molecule has 1 heterocycles. The van der Waals surface area contributed by atoms with Gasteiger partial charge in [-0.25, -0.2) is 0 Å². The van der Waals surface area contributed by atoms with Gasteiger partial charge >= 0.3 is 0 Å². The lowest BCUT2D eigenvalue weighted by Crippen LogP contribution is -2.20. The van der Waals surface area contributed by atoms with Gasteiger partial charge in [-0.2, -0.15) is 0 Å². The van der Waals surface area contributed by atoms with Crippen molar-refractivity contribution in [1.29, 1.82) is 0 Å². The number of anilines is 1. The maximum atomic E-state index is 12.4. The zero-order chi connectivity index (χ0) is 22.9. The highest BCUT2D eigenvalue weighted by Gasteiger charge is 2.12. The van der Waals surface area contributed by atoms with Crippen LogP contribution in [0.3, 0.4) is 0 Å². The van der Waals surface area contributed by atoms with Crippen LogP contribution in [0.1, 0.15) is 42.0 Å². The molecule has 0 atom stereocenters. The molecule has 0 aliphatic heterocycles. The van der Waals surface area contributed by atoms with E-state index in [4.69, 9.17) is 15.3 Å². The fraction of sp³-hybridized carbons (Fsp3) is 0.240. The molecule has 7 nitrogen and oxygen atoms in total. The number of rotatable bonds is 9. The van der Waals surface area contributed by atoms with Crippen LogP contribution in [0.5, 0.6) is 5.75 Å². The number of nitrogens with one attached hydrogen (secondary N) is 1. The molecule has 0 aliphatic rings. The Kier molecular flexibility index (Phi) is 7.80. The number of ether oxygens (including phenoxy) is 1. The zero-order valence-electron chi connectivity index (χ0n) is 18.5. The monoisotopic (exact) mass is 432 g/mol. The fourth-order valence-electron chi connectivity index (χ4n) is 3.13.